The normalized spacial score (nSPS) is 15.7. The number of thioether (sulfide) groups is 1. The number of anilines is 2. The predicted octanol–water partition coefficient (Wildman–Crippen LogP) is 2.49. The van der Waals surface area contributed by atoms with E-state index in [0.717, 1.165) is 11.5 Å². The Labute approximate surface area is 123 Å². The minimum atomic E-state index is -1.23. The second-order valence-corrected chi connectivity index (χ2v) is 5.99. The fourth-order valence-corrected chi connectivity index (χ4v) is 3.36. The third-order valence-electron chi connectivity index (χ3n) is 3.41. The highest BCUT2D eigenvalue weighted by Crippen LogP contribution is 2.35. The summed E-state index contributed by atoms with van der Waals surface area (Å²) in [5, 5.41) is -0.397. The molecule has 0 spiro atoms. The van der Waals surface area contributed by atoms with Crippen molar-refractivity contribution in [2.45, 2.75) is 6.92 Å². The quantitative estimate of drug-likeness (QED) is 0.820. The average molecular weight is 314 g/mol. The number of rotatable bonds is 1. The average Bonchev–Trinajstić information content (AvgIpc) is 2.45. The Morgan fingerprint density at radius 1 is 1.05 bits per heavy atom. The molecule has 1 aromatic heterocycles. The highest BCUT2D eigenvalue weighted by atomic mass is 32.2. The van der Waals surface area contributed by atoms with Gasteiger partial charge in [-0.2, -0.15) is 11.8 Å². The SMILES string of the molecule is Cc1nc(N)c2c(F)c(F)c(N3CCSCC3)c(F)c2n1. The van der Waals surface area contributed by atoms with Gasteiger partial charge in [0.1, 0.15) is 22.8 Å². The van der Waals surface area contributed by atoms with Crippen LogP contribution in [0.4, 0.5) is 24.7 Å². The second kappa shape index (κ2) is 5.25. The first-order valence-electron chi connectivity index (χ1n) is 6.43. The van der Waals surface area contributed by atoms with Gasteiger partial charge in [-0.05, 0) is 6.92 Å². The van der Waals surface area contributed by atoms with E-state index < -0.39 is 22.8 Å². The van der Waals surface area contributed by atoms with Crippen LogP contribution < -0.4 is 10.6 Å². The largest absolute Gasteiger partial charge is 0.383 e. The number of benzene rings is 1. The molecule has 0 radical (unpaired) electrons. The lowest BCUT2D eigenvalue weighted by atomic mass is 10.1. The number of aryl methyl sites for hydroxylation is 1. The monoisotopic (exact) mass is 314 g/mol. The molecule has 8 heteroatoms. The van der Waals surface area contributed by atoms with Crippen LogP contribution in [-0.4, -0.2) is 34.6 Å². The van der Waals surface area contributed by atoms with Gasteiger partial charge in [-0.25, -0.2) is 23.1 Å². The zero-order valence-corrected chi connectivity index (χ0v) is 12.1. The van der Waals surface area contributed by atoms with Gasteiger partial charge in [-0.3, -0.25) is 0 Å². The Bertz CT molecular complexity index is 717. The fraction of sp³-hybridized carbons (Fsp3) is 0.385. The van der Waals surface area contributed by atoms with Crippen molar-refractivity contribution < 1.29 is 13.2 Å². The predicted molar refractivity (Wildman–Crippen MR) is 78.1 cm³/mol. The van der Waals surface area contributed by atoms with Crippen molar-refractivity contribution in [3.63, 3.8) is 0 Å². The van der Waals surface area contributed by atoms with Gasteiger partial charge in [0.2, 0.25) is 0 Å². The zero-order valence-electron chi connectivity index (χ0n) is 11.3. The molecule has 3 rings (SSSR count). The number of nitrogen functional groups attached to an aromatic ring is 1. The number of aromatic nitrogens is 2. The Balaban J connectivity index is 2.30. The lowest BCUT2D eigenvalue weighted by Crippen LogP contribution is -2.34. The maximum Gasteiger partial charge on any atom is 0.186 e. The number of fused-ring (bicyclic) bond motifs is 1. The van der Waals surface area contributed by atoms with Crippen LogP contribution in [0.3, 0.4) is 0 Å². The van der Waals surface area contributed by atoms with E-state index in [1.807, 2.05) is 0 Å². The molecule has 1 fully saturated rings. The maximum absolute atomic E-state index is 14.7. The minimum Gasteiger partial charge on any atom is -0.383 e. The van der Waals surface area contributed by atoms with Gasteiger partial charge in [-0.15, -0.1) is 0 Å². The van der Waals surface area contributed by atoms with Crippen LogP contribution in [-0.2, 0) is 0 Å². The van der Waals surface area contributed by atoms with Crippen molar-refractivity contribution in [2.75, 3.05) is 35.2 Å². The van der Waals surface area contributed by atoms with Gasteiger partial charge < -0.3 is 10.6 Å². The Morgan fingerprint density at radius 3 is 2.38 bits per heavy atom. The number of halogens is 3. The van der Waals surface area contributed by atoms with Crippen LogP contribution in [0.15, 0.2) is 0 Å². The molecule has 1 aliphatic rings. The van der Waals surface area contributed by atoms with Crippen LogP contribution in [0.5, 0.6) is 0 Å². The molecule has 0 unspecified atom stereocenters. The molecule has 2 heterocycles. The van der Waals surface area contributed by atoms with E-state index in [1.54, 1.807) is 11.8 Å². The molecule has 4 nitrogen and oxygen atoms in total. The number of nitrogens with two attached hydrogens (primary N) is 1. The first-order chi connectivity index (χ1) is 10.0. The van der Waals surface area contributed by atoms with E-state index in [0.29, 0.717) is 13.1 Å². The molecule has 0 aliphatic carbocycles. The molecule has 0 amide bonds. The summed E-state index contributed by atoms with van der Waals surface area (Å²) in [5.41, 5.74) is 4.95. The molecule has 2 N–H and O–H groups in total. The van der Waals surface area contributed by atoms with E-state index >= 15 is 0 Å². The summed E-state index contributed by atoms with van der Waals surface area (Å²) >= 11 is 1.69. The Morgan fingerprint density at radius 2 is 1.71 bits per heavy atom. The topological polar surface area (TPSA) is 55.0 Å². The van der Waals surface area contributed by atoms with Crippen LogP contribution in [0.1, 0.15) is 5.82 Å². The van der Waals surface area contributed by atoms with Gasteiger partial charge in [-0.1, -0.05) is 0 Å². The summed E-state index contributed by atoms with van der Waals surface area (Å²) in [4.78, 5) is 9.16. The maximum atomic E-state index is 14.7. The van der Waals surface area contributed by atoms with Crippen LogP contribution in [0.25, 0.3) is 10.9 Å². The Kier molecular flexibility index (Phi) is 3.56. The van der Waals surface area contributed by atoms with E-state index in [1.165, 1.54) is 11.8 Å². The van der Waals surface area contributed by atoms with Gasteiger partial charge in [0, 0.05) is 24.6 Å². The van der Waals surface area contributed by atoms with Crippen LogP contribution >= 0.6 is 11.8 Å². The fourth-order valence-electron chi connectivity index (χ4n) is 2.46. The molecule has 0 saturated carbocycles. The molecule has 1 aliphatic heterocycles. The third kappa shape index (κ3) is 2.27. The number of nitrogens with zero attached hydrogens (tertiary/aromatic N) is 3. The molecule has 0 atom stereocenters. The highest BCUT2D eigenvalue weighted by Gasteiger charge is 2.28. The van der Waals surface area contributed by atoms with Crippen LogP contribution in [0, 0.1) is 24.4 Å². The molecule has 21 heavy (non-hydrogen) atoms. The van der Waals surface area contributed by atoms with E-state index in [-0.39, 0.29) is 22.8 Å². The highest BCUT2D eigenvalue weighted by molar-refractivity contribution is 7.99. The van der Waals surface area contributed by atoms with E-state index in [9.17, 15) is 13.2 Å². The summed E-state index contributed by atoms with van der Waals surface area (Å²) < 4.78 is 43.2. The first kappa shape index (κ1) is 14.2. The molecule has 1 saturated heterocycles. The first-order valence-corrected chi connectivity index (χ1v) is 7.59. The van der Waals surface area contributed by atoms with Crippen molar-refractivity contribution in [2.24, 2.45) is 0 Å². The van der Waals surface area contributed by atoms with Gasteiger partial charge in [0.05, 0.1) is 5.39 Å². The van der Waals surface area contributed by atoms with E-state index in [2.05, 4.69) is 9.97 Å². The van der Waals surface area contributed by atoms with Gasteiger partial charge >= 0.3 is 0 Å². The van der Waals surface area contributed by atoms with Gasteiger partial charge in [0.25, 0.3) is 0 Å². The zero-order chi connectivity index (χ0) is 15.1. The molecular formula is C13H13F3N4S. The summed E-state index contributed by atoms with van der Waals surface area (Å²) in [6.45, 7) is 2.44. The summed E-state index contributed by atoms with van der Waals surface area (Å²) in [5.74, 6) is -1.87. The Hall–Kier alpha value is -1.70. The van der Waals surface area contributed by atoms with Gasteiger partial charge in [0.15, 0.2) is 17.5 Å². The van der Waals surface area contributed by atoms with Crippen molar-refractivity contribution >= 4 is 34.2 Å². The summed E-state index contributed by atoms with van der Waals surface area (Å²) in [6.07, 6.45) is 0. The number of hydrogen-bond donors (Lipinski definition) is 1. The molecular weight excluding hydrogens is 301 g/mol. The molecule has 112 valence electrons. The van der Waals surface area contributed by atoms with E-state index in [4.69, 9.17) is 5.73 Å². The van der Waals surface area contributed by atoms with Crippen molar-refractivity contribution in [1.82, 2.24) is 9.97 Å². The third-order valence-corrected chi connectivity index (χ3v) is 4.35. The summed E-state index contributed by atoms with van der Waals surface area (Å²) in [7, 11) is 0. The molecule has 0 bridgehead atoms. The van der Waals surface area contributed by atoms with Crippen molar-refractivity contribution in [3.8, 4) is 0 Å². The van der Waals surface area contributed by atoms with Crippen LogP contribution in [0.2, 0.25) is 0 Å². The van der Waals surface area contributed by atoms with Crippen molar-refractivity contribution in [1.29, 1.82) is 0 Å². The number of hydrogen-bond acceptors (Lipinski definition) is 5. The molecule has 2 aromatic rings. The standard InChI is InChI=1S/C13H13F3N4S/c1-6-18-11-7(13(17)19-6)8(14)9(15)12(10(11)16)20-2-4-21-5-3-20/h2-5H2,1H3,(H2,17,18,19). The minimum absolute atomic E-state index is 0.213. The molecule has 1 aromatic carbocycles. The second-order valence-electron chi connectivity index (χ2n) is 4.77. The smallest absolute Gasteiger partial charge is 0.186 e. The lowest BCUT2D eigenvalue weighted by molar-refractivity contribution is 0.502. The van der Waals surface area contributed by atoms with Crippen molar-refractivity contribution in [3.05, 3.63) is 23.3 Å². The lowest BCUT2D eigenvalue weighted by Gasteiger charge is -2.29. The summed E-state index contributed by atoms with van der Waals surface area (Å²) in [6, 6.07) is 0.